The fourth-order valence-corrected chi connectivity index (χ4v) is 3.99. The molecule has 138 valence electrons. The molecule has 5 nitrogen and oxygen atoms in total. The van der Waals surface area contributed by atoms with E-state index in [1.807, 2.05) is 23.1 Å². The number of hydrogen-bond acceptors (Lipinski definition) is 4. The van der Waals surface area contributed by atoms with Crippen LogP contribution in [0.25, 0.3) is 0 Å². The van der Waals surface area contributed by atoms with Gasteiger partial charge >= 0.3 is 0 Å². The van der Waals surface area contributed by atoms with Crippen LogP contribution in [0.2, 0.25) is 0 Å². The molecule has 2 N–H and O–H groups in total. The lowest BCUT2D eigenvalue weighted by atomic mass is 9.90. The Bertz CT molecular complexity index is 557. The van der Waals surface area contributed by atoms with E-state index in [0.29, 0.717) is 19.5 Å². The molecule has 2 heterocycles. The van der Waals surface area contributed by atoms with E-state index < -0.39 is 5.60 Å². The summed E-state index contributed by atoms with van der Waals surface area (Å²) in [4.78, 5) is 16.8. The SMILES string of the molecule is O=C1N(CCCc2ccccc2)CCC[C@]1(O)CN1CCC(O)CC1. The lowest BCUT2D eigenvalue weighted by Gasteiger charge is -2.42. The molecule has 2 saturated heterocycles. The van der Waals surface area contributed by atoms with Crippen molar-refractivity contribution in [1.29, 1.82) is 0 Å². The lowest BCUT2D eigenvalue weighted by Crippen LogP contribution is -2.59. The first-order valence-electron chi connectivity index (χ1n) is 9.53. The minimum atomic E-state index is -1.26. The summed E-state index contributed by atoms with van der Waals surface area (Å²) < 4.78 is 0. The van der Waals surface area contributed by atoms with Crippen LogP contribution in [-0.2, 0) is 11.2 Å². The first-order valence-corrected chi connectivity index (χ1v) is 9.53. The zero-order valence-corrected chi connectivity index (χ0v) is 14.9. The third-order valence-electron chi connectivity index (χ3n) is 5.48. The number of carbonyl (C=O) groups excluding carboxylic acids is 1. The van der Waals surface area contributed by atoms with Crippen LogP contribution in [-0.4, -0.2) is 70.3 Å². The number of benzene rings is 1. The molecule has 1 aromatic rings. The van der Waals surface area contributed by atoms with Crippen molar-refractivity contribution in [3.63, 3.8) is 0 Å². The largest absolute Gasteiger partial charge is 0.393 e. The van der Waals surface area contributed by atoms with Crippen molar-refractivity contribution < 1.29 is 15.0 Å². The third-order valence-corrected chi connectivity index (χ3v) is 5.48. The van der Waals surface area contributed by atoms with Crippen molar-refractivity contribution in [2.75, 3.05) is 32.7 Å². The van der Waals surface area contributed by atoms with Crippen molar-refractivity contribution in [3.05, 3.63) is 35.9 Å². The van der Waals surface area contributed by atoms with Crippen LogP contribution in [0.4, 0.5) is 0 Å². The van der Waals surface area contributed by atoms with Gasteiger partial charge in [0.25, 0.3) is 5.91 Å². The molecule has 0 saturated carbocycles. The second kappa shape index (κ2) is 8.30. The van der Waals surface area contributed by atoms with Gasteiger partial charge in [0, 0.05) is 32.7 Å². The molecule has 0 unspecified atom stereocenters. The van der Waals surface area contributed by atoms with Crippen LogP contribution >= 0.6 is 0 Å². The average molecular weight is 346 g/mol. The van der Waals surface area contributed by atoms with Gasteiger partial charge in [-0.15, -0.1) is 0 Å². The number of carbonyl (C=O) groups is 1. The van der Waals surface area contributed by atoms with Crippen molar-refractivity contribution in [2.45, 2.75) is 50.2 Å². The van der Waals surface area contributed by atoms with Gasteiger partial charge in [0.1, 0.15) is 0 Å². The summed E-state index contributed by atoms with van der Waals surface area (Å²) in [6.45, 7) is 3.35. The zero-order valence-electron chi connectivity index (χ0n) is 14.9. The average Bonchev–Trinajstić information content (AvgIpc) is 2.62. The summed E-state index contributed by atoms with van der Waals surface area (Å²) in [5.41, 5.74) is 0.0295. The topological polar surface area (TPSA) is 64.0 Å². The minimum Gasteiger partial charge on any atom is -0.393 e. The van der Waals surface area contributed by atoms with Gasteiger partial charge in [0.05, 0.1) is 6.10 Å². The van der Waals surface area contributed by atoms with Gasteiger partial charge in [-0.05, 0) is 44.1 Å². The highest BCUT2D eigenvalue weighted by Crippen LogP contribution is 2.25. The van der Waals surface area contributed by atoms with E-state index in [2.05, 4.69) is 17.0 Å². The van der Waals surface area contributed by atoms with Crippen molar-refractivity contribution >= 4 is 5.91 Å². The maximum absolute atomic E-state index is 12.8. The molecular formula is C20H30N2O3. The van der Waals surface area contributed by atoms with Crippen molar-refractivity contribution in [2.24, 2.45) is 0 Å². The van der Waals surface area contributed by atoms with Gasteiger partial charge < -0.3 is 15.1 Å². The summed E-state index contributed by atoms with van der Waals surface area (Å²) in [5.74, 6) is -0.113. The first kappa shape index (κ1) is 18.4. The molecule has 2 aliphatic heterocycles. The molecule has 0 spiro atoms. The number of hydrogen-bond donors (Lipinski definition) is 2. The van der Waals surface area contributed by atoms with E-state index >= 15 is 0 Å². The molecular weight excluding hydrogens is 316 g/mol. The Morgan fingerprint density at radius 3 is 2.56 bits per heavy atom. The molecule has 3 rings (SSSR count). The highest BCUT2D eigenvalue weighted by molar-refractivity contribution is 5.86. The predicted molar refractivity (Wildman–Crippen MR) is 97.2 cm³/mol. The fraction of sp³-hybridized carbons (Fsp3) is 0.650. The summed E-state index contributed by atoms with van der Waals surface area (Å²) >= 11 is 0. The van der Waals surface area contributed by atoms with Crippen molar-refractivity contribution in [3.8, 4) is 0 Å². The van der Waals surface area contributed by atoms with E-state index in [1.165, 1.54) is 5.56 Å². The number of amides is 1. The molecule has 2 aliphatic rings. The molecule has 0 bridgehead atoms. The number of aryl methyl sites for hydroxylation is 1. The van der Waals surface area contributed by atoms with E-state index in [1.54, 1.807) is 0 Å². The van der Waals surface area contributed by atoms with Crippen LogP contribution in [0.1, 0.15) is 37.7 Å². The second-order valence-electron chi connectivity index (χ2n) is 7.52. The lowest BCUT2D eigenvalue weighted by molar-refractivity contribution is -0.160. The Labute approximate surface area is 150 Å². The number of rotatable bonds is 6. The number of likely N-dealkylation sites (tertiary alicyclic amines) is 2. The van der Waals surface area contributed by atoms with E-state index in [-0.39, 0.29) is 12.0 Å². The smallest absolute Gasteiger partial charge is 0.255 e. The molecule has 0 aliphatic carbocycles. The number of piperidine rings is 2. The van der Waals surface area contributed by atoms with Crippen LogP contribution in [0.5, 0.6) is 0 Å². The molecule has 0 radical (unpaired) electrons. The Balaban J connectivity index is 1.51. The molecule has 1 aromatic carbocycles. The Kier molecular flexibility index (Phi) is 6.10. The number of aliphatic hydroxyl groups is 2. The van der Waals surface area contributed by atoms with Gasteiger partial charge in [-0.2, -0.15) is 0 Å². The zero-order chi connectivity index (χ0) is 17.7. The molecule has 5 heteroatoms. The second-order valence-corrected chi connectivity index (χ2v) is 7.52. The summed E-state index contributed by atoms with van der Waals surface area (Å²) in [6, 6.07) is 10.3. The Morgan fingerprint density at radius 2 is 1.84 bits per heavy atom. The predicted octanol–water partition coefficient (Wildman–Crippen LogP) is 1.43. The number of nitrogens with zero attached hydrogens (tertiary/aromatic N) is 2. The Hall–Kier alpha value is -1.43. The standard InChI is InChI=1S/C20H30N2O3/c23-18-9-14-21(15-10-18)16-20(25)11-5-13-22(19(20)24)12-4-8-17-6-2-1-3-7-17/h1-3,6-7,18,23,25H,4-5,8-16H2/t20-/m0/s1. The maximum Gasteiger partial charge on any atom is 0.255 e. The molecule has 1 atom stereocenters. The molecule has 1 amide bonds. The quantitative estimate of drug-likeness (QED) is 0.818. The van der Waals surface area contributed by atoms with Gasteiger partial charge in [-0.1, -0.05) is 30.3 Å². The fourth-order valence-electron chi connectivity index (χ4n) is 3.99. The van der Waals surface area contributed by atoms with Crippen LogP contribution in [0, 0.1) is 0 Å². The first-order chi connectivity index (χ1) is 12.1. The normalized spacial score (nSPS) is 26.2. The van der Waals surface area contributed by atoms with E-state index in [9.17, 15) is 15.0 Å². The minimum absolute atomic E-state index is 0.113. The van der Waals surface area contributed by atoms with Gasteiger partial charge in [0.15, 0.2) is 5.60 Å². The maximum atomic E-state index is 12.8. The van der Waals surface area contributed by atoms with E-state index in [0.717, 1.165) is 51.7 Å². The van der Waals surface area contributed by atoms with Crippen LogP contribution < -0.4 is 0 Å². The summed E-state index contributed by atoms with van der Waals surface area (Å²) in [7, 11) is 0. The highest BCUT2D eigenvalue weighted by atomic mass is 16.3. The molecule has 2 fully saturated rings. The Morgan fingerprint density at radius 1 is 1.12 bits per heavy atom. The van der Waals surface area contributed by atoms with Gasteiger partial charge in [0.2, 0.25) is 0 Å². The summed E-state index contributed by atoms with van der Waals surface area (Å²) in [5, 5.41) is 20.6. The van der Waals surface area contributed by atoms with Crippen molar-refractivity contribution in [1.82, 2.24) is 9.80 Å². The van der Waals surface area contributed by atoms with Crippen LogP contribution in [0.15, 0.2) is 30.3 Å². The number of aliphatic hydroxyl groups excluding tert-OH is 1. The summed E-state index contributed by atoms with van der Waals surface area (Å²) in [6.07, 6.45) is 4.48. The molecule has 25 heavy (non-hydrogen) atoms. The van der Waals surface area contributed by atoms with Gasteiger partial charge in [-0.25, -0.2) is 0 Å². The van der Waals surface area contributed by atoms with E-state index in [4.69, 9.17) is 0 Å². The third kappa shape index (κ3) is 4.81. The van der Waals surface area contributed by atoms with Crippen LogP contribution in [0.3, 0.4) is 0 Å². The number of β-amino-alcohol motifs (C(OH)–C–C–N with tert-alkyl or cyclic N) is 1. The molecule has 0 aromatic heterocycles. The monoisotopic (exact) mass is 346 g/mol. The van der Waals surface area contributed by atoms with Gasteiger partial charge in [-0.3, -0.25) is 9.69 Å². The highest BCUT2D eigenvalue weighted by Gasteiger charge is 2.43.